The van der Waals surface area contributed by atoms with Crippen LogP contribution in [0.3, 0.4) is 0 Å². The molecule has 12 atom stereocenters. The summed E-state index contributed by atoms with van der Waals surface area (Å²) in [6.45, 7) is 13.6. The molecule has 2 aliphatic heterocycles. The molecule has 0 aromatic rings. The molecular weight excluding hydrogens is 560 g/mol. The number of hydrogen-bond acceptors (Lipinski definition) is 11. The summed E-state index contributed by atoms with van der Waals surface area (Å²) < 4.78 is 24.4. The van der Waals surface area contributed by atoms with E-state index in [1.165, 1.54) is 20.8 Å². The maximum atomic E-state index is 13.7. The van der Waals surface area contributed by atoms with E-state index >= 15 is 0 Å². The molecule has 12 nitrogen and oxygen atoms in total. The molecule has 0 aromatic carbocycles. The van der Waals surface area contributed by atoms with Gasteiger partial charge in [-0.05, 0) is 74.4 Å². The summed E-state index contributed by atoms with van der Waals surface area (Å²) in [6, 6.07) is -0.767. The van der Waals surface area contributed by atoms with Crippen LogP contribution in [-0.4, -0.2) is 119 Å². The highest BCUT2D eigenvalue weighted by Crippen LogP contribution is 2.34. The summed E-state index contributed by atoms with van der Waals surface area (Å²) >= 11 is 0. The number of carbonyl (C=O) groups excluding carboxylic acids is 3. The van der Waals surface area contributed by atoms with Gasteiger partial charge in [-0.15, -0.1) is 0 Å². The number of nitrogens with one attached hydrogen (secondary N) is 1. The number of ketones is 1. The third-order valence-electron chi connectivity index (χ3n) is 8.98. The highest BCUT2D eigenvalue weighted by Gasteiger charge is 2.49. The van der Waals surface area contributed by atoms with Crippen molar-refractivity contribution in [1.29, 1.82) is 0 Å². The minimum Gasteiger partial charge on any atom is -0.459 e. The van der Waals surface area contributed by atoms with E-state index in [-0.39, 0.29) is 31.4 Å². The second-order valence-corrected chi connectivity index (χ2v) is 13.2. The van der Waals surface area contributed by atoms with Gasteiger partial charge in [-0.25, -0.2) is 0 Å². The molecule has 0 spiro atoms. The summed E-state index contributed by atoms with van der Waals surface area (Å²) in [5, 5.41) is 36.4. The number of aliphatic hydroxyl groups is 3. The van der Waals surface area contributed by atoms with Gasteiger partial charge in [-0.1, -0.05) is 20.8 Å². The largest absolute Gasteiger partial charge is 0.459 e. The molecule has 2 fully saturated rings. The first-order chi connectivity index (χ1) is 19.9. The Morgan fingerprint density at radius 3 is 2.26 bits per heavy atom. The lowest BCUT2D eigenvalue weighted by Gasteiger charge is -2.45. The number of aliphatic hydroxyl groups excluding tert-OH is 2. The number of hydrogen-bond donors (Lipinski definition) is 4. The molecule has 0 aromatic heterocycles. The van der Waals surface area contributed by atoms with Gasteiger partial charge in [0.25, 0.3) is 0 Å². The smallest absolute Gasteiger partial charge is 0.316 e. The molecule has 0 saturated carbocycles. The monoisotopic (exact) mass is 616 g/mol. The molecule has 4 N–H and O–H groups in total. The summed E-state index contributed by atoms with van der Waals surface area (Å²) in [5.74, 6) is -4.15. The Morgan fingerprint density at radius 1 is 1.07 bits per heavy atom. The molecule has 1 amide bonds. The maximum Gasteiger partial charge on any atom is 0.316 e. The average molecular weight is 617 g/mol. The Kier molecular flexibility index (Phi) is 13.6. The summed E-state index contributed by atoms with van der Waals surface area (Å²) in [4.78, 5) is 42.0. The predicted molar refractivity (Wildman–Crippen MR) is 159 cm³/mol. The van der Waals surface area contributed by atoms with Crippen molar-refractivity contribution in [1.82, 2.24) is 10.2 Å². The Balaban J connectivity index is 2.58. The van der Waals surface area contributed by atoms with E-state index < -0.39 is 77.4 Å². The van der Waals surface area contributed by atoms with E-state index in [1.54, 1.807) is 20.8 Å². The van der Waals surface area contributed by atoms with Crippen LogP contribution in [0.25, 0.3) is 0 Å². The van der Waals surface area contributed by atoms with Gasteiger partial charge in [0.1, 0.15) is 29.5 Å². The van der Waals surface area contributed by atoms with Crippen molar-refractivity contribution in [2.75, 3.05) is 20.7 Å². The molecule has 43 heavy (non-hydrogen) atoms. The highest BCUT2D eigenvalue weighted by molar-refractivity contribution is 5.98. The number of rotatable bonds is 7. The zero-order chi connectivity index (χ0) is 32.9. The molecule has 12 heteroatoms. The summed E-state index contributed by atoms with van der Waals surface area (Å²) in [7, 11) is 3.73. The van der Waals surface area contributed by atoms with Gasteiger partial charge in [-0.2, -0.15) is 0 Å². The standard InChI is InChI=1S/C31H56N2O10/c1-11-13-40-30(7)16-17(3)32-27(37)20(6)26(36)31(8,39)23(12-2)42-28(38)19(5)22(34)15-24(30)43-29-25(35)21(33(9)10)14-18(4)41-29/h17-21,23-26,29,35-36,39H,11-16H2,1-10H3,(H,32,37). The zero-order valence-corrected chi connectivity index (χ0v) is 27.7. The highest BCUT2D eigenvalue weighted by atomic mass is 16.7. The topological polar surface area (TPSA) is 164 Å². The van der Waals surface area contributed by atoms with E-state index in [4.69, 9.17) is 18.9 Å². The number of nitrogens with zero attached hydrogens (tertiary/aromatic N) is 1. The number of amides is 1. The zero-order valence-electron chi connectivity index (χ0n) is 27.7. The first-order valence-corrected chi connectivity index (χ1v) is 15.6. The number of esters is 1. The molecular formula is C31H56N2O10. The van der Waals surface area contributed by atoms with Crippen LogP contribution in [0.4, 0.5) is 0 Å². The van der Waals surface area contributed by atoms with Gasteiger partial charge in [-0.3, -0.25) is 14.4 Å². The van der Waals surface area contributed by atoms with Crippen LogP contribution in [-0.2, 0) is 33.3 Å². The lowest BCUT2D eigenvalue weighted by molar-refractivity contribution is -0.291. The minimum atomic E-state index is -1.97. The van der Waals surface area contributed by atoms with Crippen molar-refractivity contribution in [3.63, 3.8) is 0 Å². The van der Waals surface area contributed by atoms with Crippen LogP contribution in [0.15, 0.2) is 0 Å². The number of carbonyl (C=O) groups is 3. The van der Waals surface area contributed by atoms with Gasteiger partial charge in [0, 0.05) is 25.1 Å². The second-order valence-electron chi connectivity index (χ2n) is 13.2. The van der Waals surface area contributed by atoms with Gasteiger partial charge in [0.2, 0.25) is 5.91 Å². The molecule has 2 heterocycles. The van der Waals surface area contributed by atoms with Crippen LogP contribution in [0.5, 0.6) is 0 Å². The minimum absolute atomic E-state index is 0.137. The molecule has 2 aliphatic rings. The third-order valence-corrected chi connectivity index (χ3v) is 8.98. The Labute approximate surface area is 256 Å². The fraction of sp³-hybridized carbons (Fsp3) is 0.903. The van der Waals surface area contributed by atoms with Crippen molar-refractivity contribution < 1.29 is 48.7 Å². The Bertz CT molecular complexity index is 946. The van der Waals surface area contributed by atoms with Crippen LogP contribution in [0.2, 0.25) is 0 Å². The summed E-state index contributed by atoms with van der Waals surface area (Å²) in [6.07, 6.45) is -4.75. The fourth-order valence-electron chi connectivity index (χ4n) is 6.07. The van der Waals surface area contributed by atoms with Gasteiger partial charge < -0.3 is 44.5 Å². The quantitative estimate of drug-likeness (QED) is 0.242. The fourth-order valence-corrected chi connectivity index (χ4v) is 6.07. The molecule has 2 saturated heterocycles. The molecule has 250 valence electrons. The van der Waals surface area contributed by atoms with E-state index in [2.05, 4.69) is 5.32 Å². The van der Waals surface area contributed by atoms with E-state index in [1.807, 2.05) is 32.8 Å². The van der Waals surface area contributed by atoms with Crippen LogP contribution in [0.1, 0.15) is 87.5 Å². The van der Waals surface area contributed by atoms with E-state index in [0.717, 1.165) is 0 Å². The van der Waals surface area contributed by atoms with Crippen molar-refractivity contribution in [2.24, 2.45) is 11.8 Å². The lowest BCUT2D eigenvalue weighted by atomic mass is 9.83. The molecule has 0 aliphatic carbocycles. The molecule has 12 unspecified atom stereocenters. The molecule has 0 radical (unpaired) electrons. The van der Waals surface area contributed by atoms with E-state index in [0.29, 0.717) is 19.4 Å². The first-order valence-electron chi connectivity index (χ1n) is 15.6. The normalized spacial score (nSPS) is 42.6. The van der Waals surface area contributed by atoms with Crippen LogP contribution in [0, 0.1) is 11.8 Å². The van der Waals surface area contributed by atoms with Crippen molar-refractivity contribution in [2.45, 2.75) is 148 Å². The van der Waals surface area contributed by atoms with E-state index in [9.17, 15) is 29.7 Å². The summed E-state index contributed by atoms with van der Waals surface area (Å²) in [5.41, 5.74) is -3.13. The van der Waals surface area contributed by atoms with Crippen LogP contribution < -0.4 is 5.32 Å². The maximum absolute atomic E-state index is 13.7. The Morgan fingerprint density at radius 2 is 1.70 bits per heavy atom. The number of Topliss-reactive ketones (excluding diaryl/α,β-unsaturated/α-hetero) is 1. The number of likely N-dealkylation sites (N-methyl/N-ethyl adjacent to an activating group) is 1. The first kappa shape index (κ1) is 37.5. The SMILES string of the molecule is CCCOC1(C)CC(C)NC(=O)C(C)C(O)C(C)(O)C(CC)OC(=O)C(C)C(=O)CC1OC1OC(C)CC(N(C)C)C1O. The second kappa shape index (κ2) is 15.6. The van der Waals surface area contributed by atoms with Crippen LogP contribution >= 0.6 is 0 Å². The van der Waals surface area contributed by atoms with Crippen molar-refractivity contribution in [3.8, 4) is 0 Å². The Hall–Kier alpha value is -1.67. The lowest BCUT2D eigenvalue weighted by Crippen LogP contribution is -2.58. The van der Waals surface area contributed by atoms with Gasteiger partial charge in [0.05, 0.1) is 29.8 Å². The number of ether oxygens (including phenoxy) is 4. The van der Waals surface area contributed by atoms with Crippen molar-refractivity contribution >= 4 is 17.7 Å². The van der Waals surface area contributed by atoms with Gasteiger partial charge >= 0.3 is 5.97 Å². The third kappa shape index (κ3) is 9.18. The number of cyclic esters (lactones) is 1. The van der Waals surface area contributed by atoms with Crippen molar-refractivity contribution in [3.05, 3.63) is 0 Å². The van der Waals surface area contributed by atoms with Gasteiger partial charge in [0.15, 0.2) is 6.29 Å². The average Bonchev–Trinajstić information content (AvgIpc) is 2.93. The predicted octanol–water partition coefficient (Wildman–Crippen LogP) is 1.56. The molecule has 0 bridgehead atoms. The molecule has 2 rings (SSSR count).